The minimum Gasteiger partial charge on any atom is -0.449 e. The van der Waals surface area contributed by atoms with Crippen molar-refractivity contribution in [2.45, 2.75) is 58.9 Å². The molecule has 0 aliphatic rings. The van der Waals surface area contributed by atoms with E-state index in [2.05, 4.69) is 45.8 Å². The Morgan fingerprint density at radius 3 is 1.46 bits per heavy atom. The van der Waals surface area contributed by atoms with Crippen LogP contribution in [0.15, 0.2) is 0 Å². The van der Waals surface area contributed by atoms with E-state index in [1.54, 1.807) is 0 Å². The number of hydrogen-bond donors (Lipinski definition) is 0. The van der Waals surface area contributed by atoms with Crippen LogP contribution in [0.3, 0.4) is 0 Å². The molecule has 0 radical (unpaired) electrons. The maximum atomic E-state index is 6.38. The van der Waals surface area contributed by atoms with Gasteiger partial charge in [0, 0.05) is 0 Å². The van der Waals surface area contributed by atoms with Crippen molar-refractivity contribution in [3.8, 4) is 0 Å². The Morgan fingerprint density at radius 2 is 0.962 bits per heavy atom. The molecule has 0 amide bonds. The van der Waals surface area contributed by atoms with Crippen LogP contribution in [-0.2, 0) is 32.9 Å². The molecule has 17 heteroatoms. The molecule has 8 nitrogen and oxygen atoms in total. The van der Waals surface area contributed by atoms with Gasteiger partial charge in [0.25, 0.3) is 40.0 Å². The SMILES string of the molecule is C[Si](C)(C)O[Si](C)(C)O[Si](C)(C)O[Si](C)(C)O[SiH2]O[SiH2]O[SiH2]O[SiH2]O[SiH3]. The van der Waals surface area contributed by atoms with Crippen LogP contribution >= 0.6 is 0 Å². The third-order valence-electron chi connectivity index (χ3n) is 2.56. The molecule has 0 aromatic carbocycles. The molecule has 0 saturated carbocycles. The third kappa shape index (κ3) is 16.6. The fourth-order valence-corrected chi connectivity index (χ4v) is 28.0. The summed E-state index contributed by atoms with van der Waals surface area (Å²) in [5, 5.41) is 0. The van der Waals surface area contributed by atoms with Gasteiger partial charge in [0.2, 0.25) is 0 Å². The molecule has 0 spiro atoms. The van der Waals surface area contributed by atoms with Gasteiger partial charge in [0.15, 0.2) is 8.32 Å². The molecule has 0 heterocycles. The van der Waals surface area contributed by atoms with Crippen molar-refractivity contribution < 1.29 is 32.9 Å². The lowest BCUT2D eigenvalue weighted by Gasteiger charge is -2.39. The first-order chi connectivity index (χ1) is 11.7. The number of hydrogen-bond acceptors (Lipinski definition) is 8. The van der Waals surface area contributed by atoms with Crippen molar-refractivity contribution in [3.63, 3.8) is 0 Å². The van der Waals surface area contributed by atoms with Gasteiger partial charge in [-0.3, -0.25) is 0 Å². The van der Waals surface area contributed by atoms with Crippen molar-refractivity contribution in [2.75, 3.05) is 0 Å². The fraction of sp³-hybridized carbons (Fsp3) is 1.00. The first-order valence-corrected chi connectivity index (χ1v) is 25.9. The average molecular weight is 527 g/mol. The zero-order valence-electron chi connectivity index (χ0n) is 18.1. The highest BCUT2D eigenvalue weighted by molar-refractivity contribution is 6.88. The van der Waals surface area contributed by atoms with Crippen LogP contribution < -0.4 is 0 Å². The van der Waals surface area contributed by atoms with E-state index in [1.807, 2.05) is 13.1 Å². The second kappa shape index (κ2) is 12.4. The molecule has 0 saturated heterocycles. The van der Waals surface area contributed by atoms with Crippen molar-refractivity contribution in [2.24, 2.45) is 0 Å². The van der Waals surface area contributed by atoms with Crippen LogP contribution in [0.1, 0.15) is 0 Å². The Balaban J connectivity index is 4.24. The lowest BCUT2D eigenvalue weighted by molar-refractivity contribution is 0.294. The monoisotopic (exact) mass is 526 g/mol. The maximum Gasteiger partial charge on any atom is 0.314 e. The smallest absolute Gasteiger partial charge is 0.314 e. The van der Waals surface area contributed by atoms with Gasteiger partial charge in [-0.05, 0) is 58.9 Å². The molecule has 0 aromatic rings. The Bertz CT molecular complexity index is 392. The van der Waals surface area contributed by atoms with Gasteiger partial charge in [-0.15, -0.1) is 0 Å². The summed E-state index contributed by atoms with van der Waals surface area (Å²) in [6.07, 6.45) is 0. The molecule has 0 bridgehead atoms. The van der Waals surface area contributed by atoms with E-state index >= 15 is 0 Å². The molecule has 26 heavy (non-hydrogen) atoms. The maximum absolute atomic E-state index is 6.38. The van der Waals surface area contributed by atoms with E-state index in [-0.39, 0.29) is 0 Å². The van der Waals surface area contributed by atoms with E-state index in [4.69, 9.17) is 32.9 Å². The minimum absolute atomic E-state index is 0.745. The van der Waals surface area contributed by atoms with E-state index in [9.17, 15) is 0 Å². The molecule has 158 valence electrons. The molecule has 0 aromatic heterocycles. The molecule has 0 aliphatic heterocycles. The number of rotatable bonds is 15. The topological polar surface area (TPSA) is 73.8 Å². The largest absolute Gasteiger partial charge is 0.449 e. The van der Waals surface area contributed by atoms with Gasteiger partial charge in [-0.2, -0.15) is 0 Å². The molecule has 0 unspecified atom stereocenters. The molecular formula is C9H38O8Si9. The van der Waals surface area contributed by atoms with Crippen LogP contribution in [0.25, 0.3) is 0 Å². The van der Waals surface area contributed by atoms with E-state index in [0.717, 1.165) is 10.5 Å². The zero-order chi connectivity index (χ0) is 20.5. The first-order valence-electron chi connectivity index (χ1n) is 8.65. The Labute approximate surface area is 176 Å². The lowest BCUT2D eigenvalue weighted by atomic mass is 11.8. The first kappa shape index (κ1) is 27.6. The van der Waals surface area contributed by atoms with Gasteiger partial charge in [0.1, 0.15) is 10.5 Å². The second-order valence-electron chi connectivity index (χ2n) is 8.13. The lowest BCUT2D eigenvalue weighted by Crippen LogP contribution is -2.56. The van der Waals surface area contributed by atoms with Gasteiger partial charge in [-0.1, -0.05) is 0 Å². The highest BCUT2D eigenvalue weighted by Crippen LogP contribution is 2.23. The molecule has 0 N–H and O–H groups in total. The molecule has 0 fully saturated rings. The van der Waals surface area contributed by atoms with Crippen LogP contribution in [0, 0.1) is 0 Å². The molecule has 0 aliphatic carbocycles. The summed E-state index contributed by atoms with van der Waals surface area (Å²) in [6.45, 7) is 19.0. The summed E-state index contributed by atoms with van der Waals surface area (Å²) in [5.74, 6) is 0. The zero-order valence-corrected chi connectivity index (χ0v) is 29.8. The predicted octanol–water partition coefficient (Wildman–Crippen LogP) is -1.66. The van der Waals surface area contributed by atoms with Gasteiger partial charge < -0.3 is 32.9 Å². The van der Waals surface area contributed by atoms with Crippen molar-refractivity contribution >= 4 is 84.5 Å². The van der Waals surface area contributed by atoms with E-state index in [0.29, 0.717) is 0 Å². The molecule has 0 atom stereocenters. The second-order valence-corrected chi connectivity index (χ2v) is 32.5. The van der Waals surface area contributed by atoms with Crippen LogP contribution in [-0.4, -0.2) is 84.5 Å². The fourth-order valence-electron chi connectivity index (χ4n) is 2.48. The van der Waals surface area contributed by atoms with Crippen LogP contribution in [0.2, 0.25) is 58.9 Å². The van der Waals surface area contributed by atoms with Crippen molar-refractivity contribution in [1.82, 2.24) is 0 Å². The third-order valence-corrected chi connectivity index (χ3v) is 23.0. The summed E-state index contributed by atoms with van der Waals surface area (Å²) in [7, 11) is -11.5. The summed E-state index contributed by atoms with van der Waals surface area (Å²) in [5.41, 5.74) is 0. The highest BCUT2D eigenvalue weighted by atomic mass is 28.5. The highest BCUT2D eigenvalue weighted by Gasteiger charge is 2.43. The quantitative estimate of drug-likeness (QED) is 0.185. The Morgan fingerprint density at radius 1 is 0.538 bits per heavy atom. The average Bonchev–Trinajstić information content (AvgIpc) is 2.35. The van der Waals surface area contributed by atoms with Gasteiger partial charge >= 0.3 is 25.7 Å². The van der Waals surface area contributed by atoms with Gasteiger partial charge in [0.05, 0.1) is 0 Å². The summed E-state index contributed by atoms with van der Waals surface area (Å²) in [6, 6.07) is 0. The normalized spacial score (nSPS) is 16.0. The van der Waals surface area contributed by atoms with Crippen molar-refractivity contribution in [3.05, 3.63) is 0 Å². The van der Waals surface area contributed by atoms with Crippen LogP contribution in [0.5, 0.6) is 0 Å². The minimum atomic E-state index is -2.34. The molecular weight excluding hydrogens is 489 g/mol. The summed E-state index contributed by atoms with van der Waals surface area (Å²) < 4.78 is 46.5. The van der Waals surface area contributed by atoms with E-state index < -0.39 is 74.0 Å². The Hall–Kier alpha value is 1.63. The predicted molar refractivity (Wildman–Crippen MR) is 129 cm³/mol. The standard InChI is InChI=1S/C9H38O8Si9/c1-23(2,3)15-25(6,7)17-26(8,9)16-24(4,5)14-22-13-21-12-20-11-19-10-18/h19-22H2,1-9,18H3. The van der Waals surface area contributed by atoms with Gasteiger partial charge in [-0.25, -0.2) is 0 Å². The van der Waals surface area contributed by atoms with E-state index in [1.165, 1.54) is 0 Å². The van der Waals surface area contributed by atoms with Crippen LogP contribution in [0.4, 0.5) is 0 Å². The molecule has 0 rings (SSSR count). The summed E-state index contributed by atoms with van der Waals surface area (Å²) >= 11 is 0. The van der Waals surface area contributed by atoms with Crippen molar-refractivity contribution in [1.29, 1.82) is 0 Å². The summed E-state index contributed by atoms with van der Waals surface area (Å²) in [4.78, 5) is 0. The Kier molecular flexibility index (Phi) is 13.1.